The van der Waals surface area contributed by atoms with Crippen molar-refractivity contribution in [2.45, 2.75) is 62.0 Å². The van der Waals surface area contributed by atoms with Gasteiger partial charge < -0.3 is 44.8 Å². The number of aliphatic hydroxyl groups excluding tert-OH is 5. The van der Waals surface area contributed by atoms with E-state index in [2.05, 4.69) is 0 Å². The maximum atomic E-state index is 11.3. The van der Waals surface area contributed by atoms with Gasteiger partial charge in [0.1, 0.15) is 30.0 Å². The molecule has 32 heavy (non-hydrogen) atoms. The van der Waals surface area contributed by atoms with Crippen molar-refractivity contribution in [1.82, 2.24) is 0 Å². The second-order valence-electron chi connectivity index (χ2n) is 8.98. The average Bonchev–Trinajstić information content (AvgIpc) is 2.99. The molecule has 9 nitrogen and oxygen atoms in total. The Labute approximate surface area is 185 Å². The average molecular weight is 450 g/mol. The number of aliphatic hydroxyl groups is 6. The maximum Gasteiger partial charge on any atom is 0.208 e. The molecule has 6 N–H and O–H groups in total. The van der Waals surface area contributed by atoms with E-state index in [1.807, 2.05) is 49.4 Å². The molecule has 0 aromatic heterocycles. The molecule has 1 aromatic carbocycles. The molecule has 2 aliphatic heterocycles. The lowest BCUT2D eigenvalue weighted by atomic mass is 9.73. The van der Waals surface area contributed by atoms with Crippen LogP contribution in [0.15, 0.2) is 48.7 Å². The van der Waals surface area contributed by atoms with E-state index in [0.717, 1.165) is 5.56 Å². The molecule has 9 heteroatoms. The van der Waals surface area contributed by atoms with Crippen LogP contribution in [0.25, 0.3) is 6.08 Å². The van der Waals surface area contributed by atoms with Crippen LogP contribution in [0.2, 0.25) is 0 Å². The first-order valence-electron chi connectivity index (χ1n) is 10.6. The topological polar surface area (TPSA) is 149 Å². The SMILES string of the molecule is C[C@]1(/C=C/c2ccccc2)C[C@@H](O)[C@]2(O)C=COC(OC3O[C@H](CO)[C@@H](O)[C@H](O)[C@H]3O)C12. The Morgan fingerprint density at radius 1 is 1.06 bits per heavy atom. The molecule has 3 unspecified atom stereocenters. The van der Waals surface area contributed by atoms with Crippen molar-refractivity contribution >= 4 is 6.08 Å². The Kier molecular flexibility index (Phi) is 6.45. The third-order valence-corrected chi connectivity index (χ3v) is 6.77. The predicted molar refractivity (Wildman–Crippen MR) is 112 cm³/mol. The quantitative estimate of drug-likeness (QED) is 0.349. The number of ether oxygens (including phenoxy) is 3. The second kappa shape index (κ2) is 8.85. The van der Waals surface area contributed by atoms with E-state index in [1.54, 1.807) is 0 Å². The highest BCUT2D eigenvalue weighted by atomic mass is 16.8. The number of rotatable bonds is 5. The number of fused-ring (bicyclic) bond motifs is 1. The zero-order valence-corrected chi connectivity index (χ0v) is 17.6. The number of allylic oxidation sites excluding steroid dienone is 1. The van der Waals surface area contributed by atoms with Gasteiger partial charge in [0.2, 0.25) is 6.29 Å². The van der Waals surface area contributed by atoms with Gasteiger partial charge >= 0.3 is 0 Å². The standard InChI is InChI=1S/C23H30O9/c1-22(8-7-13-5-3-2-4-6-13)11-15(25)23(29)9-10-30-21(19(22)23)32-20-18(28)17(27)16(26)14(12-24)31-20/h2-10,14-21,24-29H,11-12H2,1H3/b8-7+/t14-,15-,16-,17+,18-,19?,20?,21?,22+,23-/m1/s1. The summed E-state index contributed by atoms with van der Waals surface area (Å²) in [5.74, 6) is -0.790. The van der Waals surface area contributed by atoms with Gasteiger partial charge in [-0.05, 0) is 18.1 Å². The van der Waals surface area contributed by atoms with Crippen LogP contribution in [0.1, 0.15) is 18.9 Å². The minimum atomic E-state index is -1.66. The molecular formula is C23H30O9. The third kappa shape index (κ3) is 4.00. The molecule has 1 saturated carbocycles. The summed E-state index contributed by atoms with van der Waals surface area (Å²) in [4.78, 5) is 0. The van der Waals surface area contributed by atoms with Gasteiger partial charge in [-0.1, -0.05) is 49.4 Å². The normalized spacial score (nSPS) is 46.2. The lowest BCUT2D eigenvalue weighted by Crippen LogP contribution is -2.61. The number of hydrogen-bond acceptors (Lipinski definition) is 9. The summed E-state index contributed by atoms with van der Waals surface area (Å²) in [6.07, 6.45) is -2.98. The fourth-order valence-corrected chi connectivity index (χ4v) is 4.94. The largest absolute Gasteiger partial charge is 0.472 e. The second-order valence-corrected chi connectivity index (χ2v) is 8.98. The summed E-state index contributed by atoms with van der Waals surface area (Å²) in [5.41, 5.74) is -1.49. The zero-order valence-electron chi connectivity index (χ0n) is 17.6. The van der Waals surface area contributed by atoms with Gasteiger partial charge in [-0.15, -0.1) is 0 Å². The Morgan fingerprint density at radius 2 is 1.78 bits per heavy atom. The first-order chi connectivity index (χ1) is 15.2. The van der Waals surface area contributed by atoms with Crippen LogP contribution >= 0.6 is 0 Å². The fourth-order valence-electron chi connectivity index (χ4n) is 4.94. The summed E-state index contributed by atoms with van der Waals surface area (Å²) in [7, 11) is 0. The number of benzene rings is 1. The van der Waals surface area contributed by atoms with Crippen LogP contribution in [0.3, 0.4) is 0 Å². The van der Waals surface area contributed by atoms with Crippen LogP contribution in [0.4, 0.5) is 0 Å². The van der Waals surface area contributed by atoms with Crippen molar-refractivity contribution in [1.29, 1.82) is 0 Å². The highest BCUT2D eigenvalue weighted by Gasteiger charge is 2.63. The van der Waals surface area contributed by atoms with Gasteiger partial charge in [0.15, 0.2) is 6.29 Å². The molecule has 0 radical (unpaired) electrons. The van der Waals surface area contributed by atoms with Crippen LogP contribution in [0, 0.1) is 11.3 Å². The summed E-state index contributed by atoms with van der Waals surface area (Å²) in [6.45, 7) is 1.27. The molecule has 4 rings (SSSR count). The minimum absolute atomic E-state index is 0.222. The molecule has 1 saturated heterocycles. The highest BCUT2D eigenvalue weighted by molar-refractivity contribution is 5.50. The fraction of sp³-hybridized carbons (Fsp3) is 0.565. The molecule has 3 aliphatic rings. The van der Waals surface area contributed by atoms with Crippen LogP contribution in [0.5, 0.6) is 0 Å². The first-order valence-corrected chi connectivity index (χ1v) is 10.6. The smallest absolute Gasteiger partial charge is 0.208 e. The Morgan fingerprint density at radius 3 is 2.47 bits per heavy atom. The molecular weight excluding hydrogens is 420 g/mol. The first kappa shape index (κ1) is 23.3. The molecule has 0 bridgehead atoms. The van der Waals surface area contributed by atoms with Crippen molar-refractivity contribution in [2.75, 3.05) is 6.61 Å². The molecule has 2 heterocycles. The summed E-state index contributed by atoms with van der Waals surface area (Å²) >= 11 is 0. The van der Waals surface area contributed by atoms with Crippen LogP contribution in [-0.2, 0) is 14.2 Å². The van der Waals surface area contributed by atoms with E-state index in [1.165, 1.54) is 12.3 Å². The molecule has 10 atom stereocenters. The van der Waals surface area contributed by atoms with Crippen molar-refractivity contribution in [3.05, 3.63) is 54.3 Å². The highest BCUT2D eigenvalue weighted by Crippen LogP contribution is 2.55. The van der Waals surface area contributed by atoms with Crippen LogP contribution in [-0.4, -0.2) is 85.9 Å². The molecule has 2 fully saturated rings. The van der Waals surface area contributed by atoms with E-state index in [4.69, 9.17) is 14.2 Å². The molecule has 0 amide bonds. The Balaban J connectivity index is 1.61. The van der Waals surface area contributed by atoms with Gasteiger partial charge in [-0.25, -0.2) is 0 Å². The van der Waals surface area contributed by atoms with Crippen LogP contribution < -0.4 is 0 Å². The van der Waals surface area contributed by atoms with Gasteiger partial charge in [-0.3, -0.25) is 0 Å². The predicted octanol–water partition coefficient (Wildman–Crippen LogP) is -0.496. The third-order valence-electron chi connectivity index (χ3n) is 6.77. The summed E-state index contributed by atoms with van der Waals surface area (Å²) in [6, 6.07) is 9.56. The molecule has 176 valence electrons. The van der Waals surface area contributed by atoms with Crippen molar-refractivity contribution < 1.29 is 44.8 Å². The van der Waals surface area contributed by atoms with E-state index < -0.39 is 66.6 Å². The van der Waals surface area contributed by atoms with E-state index in [0.29, 0.717) is 0 Å². The molecule has 0 spiro atoms. The maximum absolute atomic E-state index is 11.3. The zero-order chi connectivity index (χ0) is 23.1. The molecule has 1 aliphatic carbocycles. The Bertz CT molecular complexity index is 843. The van der Waals surface area contributed by atoms with Crippen molar-refractivity contribution in [3.8, 4) is 0 Å². The number of hydrogen-bond donors (Lipinski definition) is 6. The minimum Gasteiger partial charge on any atom is -0.472 e. The van der Waals surface area contributed by atoms with E-state index >= 15 is 0 Å². The Hall–Kier alpha value is -1.82. The lowest BCUT2D eigenvalue weighted by molar-refractivity contribution is -0.348. The lowest BCUT2D eigenvalue weighted by Gasteiger charge is -2.46. The van der Waals surface area contributed by atoms with Crippen molar-refractivity contribution in [2.24, 2.45) is 11.3 Å². The summed E-state index contributed by atoms with van der Waals surface area (Å²) < 4.78 is 16.9. The van der Waals surface area contributed by atoms with Gasteiger partial charge in [-0.2, -0.15) is 0 Å². The summed E-state index contributed by atoms with van der Waals surface area (Å²) in [5, 5.41) is 61.8. The van der Waals surface area contributed by atoms with E-state index in [-0.39, 0.29) is 6.42 Å². The van der Waals surface area contributed by atoms with Crippen molar-refractivity contribution in [3.63, 3.8) is 0 Å². The monoisotopic (exact) mass is 450 g/mol. The van der Waals surface area contributed by atoms with Gasteiger partial charge in [0.25, 0.3) is 0 Å². The van der Waals surface area contributed by atoms with Gasteiger partial charge in [0.05, 0.1) is 24.9 Å². The molecule has 1 aromatic rings. The van der Waals surface area contributed by atoms with E-state index in [9.17, 15) is 30.6 Å². The van der Waals surface area contributed by atoms with Gasteiger partial charge in [0, 0.05) is 5.41 Å².